The number of benzene rings is 1. The summed E-state index contributed by atoms with van der Waals surface area (Å²) in [6.07, 6.45) is 0. The Morgan fingerprint density at radius 1 is 1.19 bits per heavy atom. The van der Waals surface area contributed by atoms with Gasteiger partial charge in [0.25, 0.3) is 5.91 Å². The van der Waals surface area contributed by atoms with E-state index in [4.69, 9.17) is 58.0 Å². The summed E-state index contributed by atoms with van der Waals surface area (Å²) in [5, 5.41) is 2.87. The van der Waals surface area contributed by atoms with Gasteiger partial charge in [-0.1, -0.05) is 58.0 Å². The van der Waals surface area contributed by atoms with Crippen molar-refractivity contribution in [2.24, 2.45) is 0 Å². The van der Waals surface area contributed by atoms with Crippen LogP contribution in [0.15, 0.2) is 24.3 Å². The molecule has 0 saturated heterocycles. The molecule has 2 nitrogen and oxygen atoms in total. The molecule has 1 amide bonds. The summed E-state index contributed by atoms with van der Waals surface area (Å²) < 4.78 is -1.76. The van der Waals surface area contributed by atoms with Gasteiger partial charge < -0.3 is 5.32 Å². The molecule has 0 aromatic heterocycles. The van der Waals surface area contributed by atoms with Gasteiger partial charge in [-0.05, 0) is 24.3 Å². The van der Waals surface area contributed by atoms with Gasteiger partial charge in [0.15, 0.2) is 5.50 Å². The summed E-state index contributed by atoms with van der Waals surface area (Å²) in [5.41, 5.74) is -0.732. The molecule has 0 unspecified atom stereocenters. The number of carbonyl (C=O) groups is 1. The second-order valence-corrected chi connectivity index (χ2v) is 6.13. The Labute approximate surface area is 118 Å². The van der Waals surface area contributed by atoms with E-state index in [1.807, 2.05) is 0 Å². The Bertz CT molecular complexity index is 372. The molecule has 1 rings (SSSR count). The number of amides is 1. The summed E-state index contributed by atoms with van der Waals surface area (Å²) in [7, 11) is 0. The molecule has 1 N–H and O–H groups in total. The van der Waals surface area contributed by atoms with Crippen LogP contribution in [0.25, 0.3) is 0 Å². The van der Waals surface area contributed by atoms with Gasteiger partial charge >= 0.3 is 0 Å². The average Bonchev–Trinajstić information content (AvgIpc) is 2.17. The fourth-order valence-electron chi connectivity index (χ4n) is 0.882. The van der Waals surface area contributed by atoms with Gasteiger partial charge in [-0.15, -0.1) is 0 Å². The van der Waals surface area contributed by atoms with Crippen molar-refractivity contribution < 1.29 is 4.79 Å². The topological polar surface area (TPSA) is 29.1 Å². The predicted molar refractivity (Wildman–Crippen MR) is 68.8 cm³/mol. The second-order valence-electron chi connectivity index (χ2n) is 2.88. The van der Waals surface area contributed by atoms with Crippen LogP contribution in [0, 0.1) is 0 Å². The fourth-order valence-corrected chi connectivity index (χ4v) is 1.27. The third kappa shape index (κ3) is 4.19. The molecule has 0 heterocycles. The van der Waals surface area contributed by atoms with Crippen molar-refractivity contribution in [2.75, 3.05) is 0 Å². The largest absolute Gasteiger partial charge is 0.332 e. The Morgan fingerprint density at radius 3 is 2.12 bits per heavy atom. The molecule has 1 aromatic rings. The van der Waals surface area contributed by atoms with E-state index in [0.717, 1.165) is 0 Å². The number of hydrogen-bond acceptors (Lipinski definition) is 1. The van der Waals surface area contributed by atoms with Crippen molar-refractivity contribution in [3.8, 4) is 0 Å². The van der Waals surface area contributed by atoms with Crippen molar-refractivity contribution in [1.29, 1.82) is 0 Å². The number of hydrogen-bond donors (Lipinski definition) is 1. The lowest BCUT2D eigenvalue weighted by Crippen LogP contribution is -2.39. The molecular formula is C9H6Cl5NO. The molecule has 1 atom stereocenters. The van der Waals surface area contributed by atoms with Crippen molar-refractivity contribution in [3.05, 3.63) is 34.9 Å². The molecule has 0 radical (unpaired) electrons. The highest BCUT2D eigenvalue weighted by molar-refractivity contribution is 6.70. The first-order valence-corrected chi connectivity index (χ1v) is 6.03. The highest BCUT2D eigenvalue weighted by atomic mass is 35.6. The number of alkyl halides is 4. The van der Waals surface area contributed by atoms with Crippen LogP contribution in [0.4, 0.5) is 0 Å². The minimum atomic E-state index is -1.76. The smallest absolute Gasteiger partial charge is 0.252 e. The van der Waals surface area contributed by atoms with Gasteiger partial charge in [-0.25, -0.2) is 0 Å². The fraction of sp³-hybridized carbons (Fsp3) is 0.222. The van der Waals surface area contributed by atoms with Crippen molar-refractivity contribution in [3.63, 3.8) is 0 Å². The van der Waals surface area contributed by atoms with E-state index >= 15 is 0 Å². The molecule has 0 bridgehead atoms. The van der Waals surface area contributed by atoms with Crippen molar-refractivity contribution >= 4 is 63.9 Å². The monoisotopic (exact) mass is 319 g/mol. The van der Waals surface area contributed by atoms with Gasteiger partial charge in [0.05, 0.1) is 0 Å². The molecule has 0 aliphatic heterocycles. The maximum atomic E-state index is 11.6. The SMILES string of the molecule is O=C(N[C@@H](Cl)C(Cl)(Cl)Cl)c1ccc(Cl)cc1. The average molecular weight is 321 g/mol. The molecule has 0 spiro atoms. The van der Waals surface area contributed by atoms with Gasteiger partial charge in [-0.2, -0.15) is 0 Å². The van der Waals surface area contributed by atoms with Crippen LogP contribution in [-0.4, -0.2) is 15.2 Å². The van der Waals surface area contributed by atoms with Crippen LogP contribution in [0.1, 0.15) is 10.4 Å². The quantitative estimate of drug-likeness (QED) is 0.647. The molecule has 0 aliphatic rings. The standard InChI is InChI=1S/C9H6Cl5NO/c10-6-3-1-5(2-4-6)7(16)15-8(11)9(12,13)14/h1-4,8H,(H,15,16)/t8-/m1/s1. The maximum absolute atomic E-state index is 11.6. The van der Waals surface area contributed by atoms with Crippen molar-refractivity contribution in [2.45, 2.75) is 9.29 Å². The Kier molecular flexibility index (Phi) is 5.02. The minimum absolute atomic E-state index is 0.379. The highest BCUT2D eigenvalue weighted by Gasteiger charge is 2.32. The number of nitrogens with one attached hydrogen (secondary N) is 1. The Hall–Kier alpha value is 0.140. The minimum Gasteiger partial charge on any atom is -0.332 e. The summed E-state index contributed by atoms with van der Waals surface area (Å²) in [4.78, 5) is 11.6. The van der Waals surface area contributed by atoms with E-state index in [1.54, 1.807) is 24.3 Å². The zero-order chi connectivity index (χ0) is 12.3. The number of halogens is 5. The lowest BCUT2D eigenvalue weighted by atomic mass is 10.2. The molecule has 16 heavy (non-hydrogen) atoms. The van der Waals surface area contributed by atoms with Crippen LogP contribution in [0.5, 0.6) is 0 Å². The molecule has 88 valence electrons. The number of rotatable bonds is 2. The molecule has 0 fully saturated rings. The molecule has 1 aromatic carbocycles. The van der Waals surface area contributed by atoms with Crippen LogP contribution in [-0.2, 0) is 0 Å². The van der Waals surface area contributed by atoms with Gasteiger partial charge in [0.1, 0.15) is 0 Å². The molecule has 7 heteroatoms. The van der Waals surface area contributed by atoms with Gasteiger partial charge in [0, 0.05) is 10.6 Å². The maximum Gasteiger partial charge on any atom is 0.252 e. The predicted octanol–water partition coefficient (Wildman–Crippen LogP) is 4.00. The third-order valence-electron chi connectivity index (χ3n) is 1.65. The van der Waals surface area contributed by atoms with E-state index in [1.165, 1.54) is 0 Å². The molecule has 0 aliphatic carbocycles. The first kappa shape index (κ1) is 14.2. The Balaban J connectivity index is 2.70. The third-order valence-corrected chi connectivity index (χ3v) is 3.33. The van der Waals surface area contributed by atoms with E-state index in [9.17, 15) is 4.79 Å². The van der Waals surface area contributed by atoms with Crippen LogP contribution in [0.2, 0.25) is 5.02 Å². The summed E-state index contributed by atoms with van der Waals surface area (Å²) in [5.74, 6) is -0.442. The lowest BCUT2D eigenvalue weighted by Gasteiger charge is -2.19. The van der Waals surface area contributed by atoms with E-state index in [0.29, 0.717) is 10.6 Å². The second kappa shape index (κ2) is 5.65. The van der Waals surface area contributed by atoms with Gasteiger partial charge in [0.2, 0.25) is 3.79 Å². The normalized spacial score (nSPS) is 13.3. The zero-order valence-corrected chi connectivity index (χ0v) is 11.5. The Morgan fingerprint density at radius 2 is 1.69 bits per heavy atom. The van der Waals surface area contributed by atoms with E-state index in [2.05, 4.69) is 5.32 Å². The highest BCUT2D eigenvalue weighted by Crippen LogP contribution is 2.32. The van der Waals surface area contributed by atoms with Gasteiger partial charge in [-0.3, -0.25) is 4.79 Å². The number of carbonyl (C=O) groups excluding carboxylic acids is 1. The van der Waals surface area contributed by atoms with Crippen LogP contribution >= 0.6 is 58.0 Å². The van der Waals surface area contributed by atoms with Crippen LogP contribution < -0.4 is 5.32 Å². The molecule has 0 saturated carbocycles. The first-order chi connectivity index (χ1) is 7.30. The summed E-state index contributed by atoms with van der Waals surface area (Å²) >= 11 is 27.9. The lowest BCUT2D eigenvalue weighted by molar-refractivity contribution is 0.0949. The van der Waals surface area contributed by atoms with E-state index in [-0.39, 0.29) is 0 Å². The van der Waals surface area contributed by atoms with E-state index < -0.39 is 15.2 Å². The first-order valence-electron chi connectivity index (χ1n) is 4.08. The summed E-state index contributed by atoms with van der Waals surface area (Å²) in [6, 6.07) is 6.24. The molecular weight excluding hydrogens is 315 g/mol. The van der Waals surface area contributed by atoms with Crippen molar-refractivity contribution in [1.82, 2.24) is 5.32 Å². The zero-order valence-electron chi connectivity index (χ0n) is 7.68. The van der Waals surface area contributed by atoms with Crippen LogP contribution in [0.3, 0.4) is 0 Å². The summed E-state index contributed by atoms with van der Waals surface area (Å²) in [6.45, 7) is 0.